The van der Waals surface area contributed by atoms with E-state index in [0.29, 0.717) is 0 Å². The first-order valence-electron chi connectivity index (χ1n) is 4.24. The van der Waals surface area contributed by atoms with E-state index in [2.05, 4.69) is 0 Å². The van der Waals surface area contributed by atoms with Crippen molar-refractivity contribution in [1.29, 1.82) is 0 Å². The Balaban J connectivity index is 1.57. The lowest BCUT2D eigenvalue weighted by Crippen LogP contribution is -2.25. The quantitative estimate of drug-likeness (QED) is 0.557. The monoisotopic (exact) mass is 242 g/mol. The molecule has 0 N–H and O–H groups in total. The summed E-state index contributed by atoms with van der Waals surface area (Å²) in [5.74, 6) is 0. The Kier molecular flexibility index (Phi) is 3.68. The van der Waals surface area contributed by atoms with Crippen molar-refractivity contribution in [2.24, 2.45) is 0 Å². The highest BCUT2D eigenvalue weighted by Gasteiger charge is 2.36. The molecule has 0 bridgehead atoms. The fourth-order valence-electron chi connectivity index (χ4n) is 0.862. The molecule has 0 unspecified atom stereocenters. The van der Waals surface area contributed by atoms with Gasteiger partial charge in [-0.1, -0.05) is 0 Å². The lowest BCUT2D eigenvalue weighted by atomic mass is 10.8. The fraction of sp³-hybridized carbons (Fsp3) is 1.00. The first-order chi connectivity index (χ1) is 6.63. The van der Waals surface area contributed by atoms with Gasteiger partial charge >= 0.3 is 17.2 Å². The molecule has 2 aliphatic rings. The average molecular weight is 242 g/mol. The lowest BCUT2D eigenvalue weighted by Gasteiger charge is -2.35. The van der Waals surface area contributed by atoms with Crippen molar-refractivity contribution < 1.29 is 27.1 Å². The van der Waals surface area contributed by atoms with Crippen LogP contribution in [0.2, 0.25) is 0 Å². The van der Waals surface area contributed by atoms with E-state index in [4.69, 9.17) is 27.1 Å². The van der Waals surface area contributed by atoms with E-state index in [1.807, 2.05) is 0 Å². The van der Waals surface area contributed by atoms with Crippen LogP contribution in [0.5, 0.6) is 0 Å². The lowest BCUT2D eigenvalue weighted by molar-refractivity contribution is -0.139. The van der Waals surface area contributed by atoms with Crippen molar-refractivity contribution in [1.82, 2.24) is 0 Å². The predicted molar refractivity (Wildman–Crippen MR) is 48.7 cm³/mol. The standard InChI is InChI=1S/C6H12O6P2/c1-4-7-13(8-4)11-6(3)12-14-9-5(2)10-14/h4-6H,1-3H3. The largest absolute Gasteiger partial charge is 0.339 e. The minimum Gasteiger partial charge on any atom is -0.282 e. The molecule has 0 aromatic carbocycles. The summed E-state index contributed by atoms with van der Waals surface area (Å²) in [7, 11) is -2.45. The second kappa shape index (κ2) is 4.64. The van der Waals surface area contributed by atoms with Crippen LogP contribution in [0.25, 0.3) is 0 Å². The molecule has 0 aromatic heterocycles. The summed E-state index contributed by atoms with van der Waals surface area (Å²) in [4.78, 5) is 0. The molecule has 8 heteroatoms. The Labute approximate surface area is 84.8 Å². The molecule has 82 valence electrons. The zero-order chi connectivity index (χ0) is 10.1. The molecule has 0 atom stereocenters. The third kappa shape index (κ3) is 2.81. The zero-order valence-electron chi connectivity index (χ0n) is 8.08. The molecule has 2 aliphatic heterocycles. The van der Waals surface area contributed by atoms with E-state index < -0.39 is 23.5 Å². The minimum absolute atomic E-state index is 0.171. The zero-order valence-corrected chi connectivity index (χ0v) is 9.86. The maximum absolute atomic E-state index is 5.25. The van der Waals surface area contributed by atoms with Crippen molar-refractivity contribution in [2.75, 3.05) is 0 Å². The Hall–Kier alpha value is 0.620. The highest BCUT2D eigenvalue weighted by molar-refractivity contribution is 7.43. The van der Waals surface area contributed by atoms with Gasteiger partial charge in [0.1, 0.15) is 0 Å². The van der Waals surface area contributed by atoms with Crippen LogP contribution in [-0.4, -0.2) is 18.9 Å². The van der Waals surface area contributed by atoms with Gasteiger partial charge in [0.25, 0.3) is 0 Å². The molecule has 2 heterocycles. The molecule has 0 spiro atoms. The second-order valence-electron chi connectivity index (χ2n) is 2.78. The van der Waals surface area contributed by atoms with Gasteiger partial charge in [-0.25, -0.2) is 0 Å². The summed E-state index contributed by atoms with van der Waals surface area (Å²) in [5, 5.41) is 0. The SMILES string of the molecule is CC1OP(OC(C)OP2OC(C)O2)O1. The first-order valence-corrected chi connectivity index (χ1v) is 6.43. The number of rotatable bonds is 4. The fourth-order valence-corrected chi connectivity index (χ4v) is 2.70. The molecule has 2 fully saturated rings. The van der Waals surface area contributed by atoms with Crippen LogP contribution in [0, 0.1) is 0 Å². The summed E-state index contributed by atoms with van der Waals surface area (Å²) in [6, 6.07) is 0. The molecule has 6 nitrogen and oxygen atoms in total. The van der Waals surface area contributed by atoms with Crippen LogP contribution in [-0.2, 0) is 27.1 Å². The first kappa shape index (κ1) is 11.1. The van der Waals surface area contributed by atoms with E-state index in [-0.39, 0.29) is 12.6 Å². The normalized spacial score (nSPS) is 43.9. The van der Waals surface area contributed by atoms with Crippen molar-refractivity contribution in [3.8, 4) is 0 Å². The highest BCUT2D eigenvalue weighted by atomic mass is 31.2. The van der Waals surface area contributed by atoms with Gasteiger partial charge < -0.3 is 0 Å². The van der Waals surface area contributed by atoms with E-state index in [0.717, 1.165) is 0 Å². The van der Waals surface area contributed by atoms with Gasteiger partial charge in [0.15, 0.2) is 18.9 Å². The second-order valence-corrected chi connectivity index (χ2v) is 4.94. The van der Waals surface area contributed by atoms with Crippen molar-refractivity contribution in [3.63, 3.8) is 0 Å². The minimum atomic E-state index is -1.22. The predicted octanol–water partition coefficient (Wildman–Crippen LogP) is 2.61. The van der Waals surface area contributed by atoms with Gasteiger partial charge in [0, 0.05) is 0 Å². The molecule has 0 aliphatic carbocycles. The maximum Gasteiger partial charge on any atom is 0.339 e. The smallest absolute Gasteiger partial charge is 0.282 e. The molecule has 2 rings (SSSR count). The van der Waals surface area contributed by atoms with Gasteiger partial charge in [0.05, 0.1) is 0 Å². The maximum atomic E-state index is 5.25. The molecular formula is C6H12O6P2. The molecule has 14 heavy (non-hydrogen) atoms. The number of hydrogen-bond donors (Lipinski definition) is 0. The topological polar surface area (TPSA) is 55.4 Å². The summed E-state index contributed by atoms with van der Waals surface area (Å²) in [6.45, 7) is 5.35. The van der Waals surface area contributed by atoms with Crippen molar-refractivity contribution in [3.05, 3.63) is 0 Å². The van der Waals surface area contributed by atoms with Crippen molar-refractivity contribution >= 4 is 17.2 Å². The Bertz CT molecular complexity index is 173. The van der Waals surface area contributed by atoms with Gasteiger partial charge in [0.2, 0.25) is 0 Å². The summed E-state index contributed by atoms with van der Waals surface area (Å²) in [6.07, 6.45) is -0.780. The molecule has 2 saturated heterocycles. The number of hydrogen-bond acceptors (Lipinski definition) is 6. The van der Waals surface area contributed by atoms with Crippen LogP contribution < -0.4 is 0 Å². The Morgan fingerprint density at radius 3 is 1.57 bits per heavy atom. The summed E-state index contributed by atoms with van der Waals surface area (Å²) in [5.41, 5.74) is 0. The average Bonchev–Trinajstić information content (AvgIpc) is 1.98. The third-order valence-corrected chi connectivity index (χ3v) is 4.22. The van der Waals surface area contributed by atoms with Crippen LogP contribution in [0.1, 0.15) is 20.8 Å². The van der Waals surface area contributed by atoms with Crippen LogP contribution in [0.3, 0.4) is 0 Å². The Morgan fingerprint density at radius 2 is 1.29 bits per heavy atom. The van der Waals surface area contributed by atoms with E-state index in [1.54, 1.807) is 20.8 Å². The van der Waals surface area contributed by atoms with E-state index >= 15 is 0 Å². The van der Waals surface area contributed by atoms with Gasteiger partial charge in [-0.05, 0) is 20.8 Å². The third-order valence-electron chi connectivity index (χ3n) is 1.41. The van der Waals surface area contributed by atoms with Crippen LogP contribution in [0.4, 0.5) is 0 Å². The molecule has 0 amide bonds. The highest BCUT2D eigenvalue weighted by Crippen LogP contribution is 2.56. The van der Waals surface area contributed by atoms with Gasteiger partial charge in [-0.3, -0.25) is 27.1 Å². The van der Waals surface area contributed by atoms with Crippen LogP contribution >= 0.6 is 17.2 Å². The molecular weight excluding hydrogens is 230 g/mol. The van der Waals surface area contributed by atoms with Gasteiger partial charge in [-0.2, -0.15) is 0 Å². The van der Waals surface area contributed by atoms with E-state index in [1.165, 1.54) is 0 Å². The van der Waals surface area contributed by atoms with Crippen LogP contribution in [0.15, 0.2) is 0 Å². The summed E-state index contributed by atoms with van der Waals surface area (Å²) < 4.78 is 31.0. The van der Waals surface area contributed by atoms with E-state index in [9.17, 15) is 0 Å². The van der Waals surface area contributed by atoms with Crippen molar-refractivity contribution in [2.45, 2.75) is 39.6 Å². The Morgan fingerprint density at radius 1 is 0.929 bits per heavy atom. The summed E-state index contributed by atoms with van der Waals surface area (Å²) >= 11 is 0. The van der Waals surface area contributed by atoms with Gasteiger partial charge in [-0.15, -0.1) is 0 Å². The molecule has 0 radical (unpaired) electrons. The molecule has 0 aromatic rings. The molecule has 0 saturated carbocycles.